The summed E-state index contributed by atoms with van der Waals surface area (Å²) in [5.74, 6) is -0.405. The molecule has 1 aliphatic carbocycles. The van der Waals surface area contributed by atoms with E-state index in [9.17, 15) is 9.59 Å². The van der Waals surface area contributed by atoms with Crippen molar-refractivity contribution in [2.75, 3.05) is 7.11 Å². The average Bonchev–Trinajstić information content (AvgIpc) is 2.28. The lowest BCUT2D eigenvalue weighted by atomic mass is 9.64. The molecule has 1 rings (SSSR count). The number of nitrogens with two attached hydrogens (primary N) is 1. The highest BCUT2D eigenvalue weighted by atomic mass is 16.6. The molecule has 1 atom stereocenters. The predicted octanol–water partition coefficient (Wildman–Crippen LogP) is 1.57. The van der Waals surface area contributed by atoms with E-state index in [4.69, 9.17) is 15.2 Å². The van der Waals surface area contributed by atoms with Gasteiger partial charge < -0.3 is 20.5 Å². The monoisotopic (exact) mass is 286 g/mol. The van der Waals surface area contributed by atoms with Gasteiger partial charge in [-0.25, -0.2) is 4.79 Å². The van der Waals surface area contributed by atoms with Crippen molar-refractivity contribution >= 4 is 12.1 Å². The van der Waals surface area contributed by atoms with E-state index in [0.717, 1.165) is 0 Å². The Kier molecular flexibility index (Phi) is 5.02. The number of nitrogens with one attached hydrogen (secondary N) is 1. The first-order valence-corrected chi connectivity index (χ1v) is 6.97. The summed E-state index contributed by atoms with van der Waals surface area (Å²) in [6.45, 7) is 7.37. The average molecular weight is 286 g/mol. The second kappa shape index (κ2) is 5.99. The fraction of sp³-hybridized carbons (Fsp3) is 0.857. The van der Waals surface area contributed by atoms with Crippen molar-refractivity contribution in [3.8, 4) is 0 Å². The summed E-state index contributed by atoms with van der Waals surface area (Å²) in [6.07, 6.45) is 1.25. The molecule has 0 radical (unpaired) electrons. The third kappa shape index (κ3) is 4.10. The van der Waals surface area contributed by atoms with Crippen molar-refractivity contribution in [2.24, 2.45) is 11.7 Å². The van der Waals surface area contributed by atoms with Crippen LogP contribution in [0.1, 0.15) is 47.0 Å². The van der Waals surface area contributed by atoms with E-state index >= 15 is 0 Å². The topological polar surface area (TPSA) is 90.6 Å². The molecular formula is C14H26N2O4. The number of esters is 1. The van der Waals surface area contributed by atoms with E-state index in [2.05, 4.69) is 5.32 Å². The Morgan fingerprint density at radius 1 is 1.40 bits per heavy atom. The van der Waals surface area contributed by atoms with Crippen molar-refractivity contribution < 1.29 is 19.1 Å². The molecule has 0 heterocycles. The number of ether oxygens (including phenoxy) is 2. The van der Waals surface area contributed by atoms with Crippen LogP contribution in [0, 0.1) is 5.92 Å². The van der Waals surface area contributed by atoms with E-state index in [-0.39, 0.29) is 17.9 Å². The van der Waals surface area contributed by atoms with Crippen LogP contribution in [-0.2, 0) is 14.3 Å². The van der Waals surface area contributed by atoms with E-state index in [1.807, 2.05) is 27.7 Å². The van der Waals surface area contributed by atoms with Gasteiger partial charge in [-0.05, 0) is 40.0 Å². The molecule has 0 saturated heterocycles. The second-order valence-corrected chi connectivity index (χ2v) is 6.47. The minimum Gasteiger partial charge on any atom is -0.469 e. The lowest BCUT2D eigenvalue weighted by Gasteiger charge is -2.48. The highest BCUT2D eigenvalue weighted by molar-refractivity contribution is 5.74. The Morgan fingerprint density at radius 3 is 2.35 bits per heavy atom. The summed E-state index contributed by atoms with van der Waals surface area (Å²) in [5.41, 5.74) is 5.17. The van der Waals surface area contributed by atoms with Gasteiger partial charge in [-0.1, -0.05) is 6.92 Å². The number of carbonyl (C=O) groups is 2. The van der Waals surface area contributed by atoms with Gasteiger partial charge in [-0.15, -0.1) is 0 Å². The molecule has 1 aliphatic rings. The fourth-order valence-corrected chi connectivity index (χ4v) is 2.58. The zero-order chi connectivity index (χ0) is 15.6. The van der Waals surface area contributed by atoms with Gasteiger partial charge in [0.25, 0.3) is 0 Å². The Balaban J connectivity index is 2.56. The van der Waals surface area contributed by atoms with E-state index in [0.29, 0.717) is 19.3 Å². The van der Waals surface area contributed by atoms with Crippen LogP contribution in [0.4, 0.5) is 4.79 Å². The van der Waals surface area contributed by atoms with E-state index < -0.39 is 17.2 Å². The van der Waals surface area contributed by atoms with Crippen LogP contribution in [0.5, 0.6) is 0 Å². The molecule has 1 fully saturated rings. The van der Waals surface area contributed by atoms with Crippen LogP contribution < -0.4 is 11.1 Å². The summed E-state index contributed by atoms with van der Waals surface area (Å²) in [7, 11) is 1.37. The summed E-state index contributed by atoms with van der Waals surface area (Å²) < 4.78 is 9.93. The lowest BCUT2D eigenvalue weighted by molar-refractivity contribution is -0.151. The minimum atomic E-state index is -0.565. The third-order valence-electron chi connectivity index (χ3n) is 3.58. The number of hydrogen-bond donors (Lipinski definition) is 2. The normalized spacial score (nSPS) is 27.2. The Labute approximate surface area is 120 Å². The minimum absolute atomic E-state index is 0.167. The molecule has 6 nitrogen and oxygen atoms in total. The first-order chi connectivity index (χ1) is 9.11. The molecule has 116 valence electrons. The van der Waals surface area contributed by atoms with Crippen LogP contribution in [0.25, 0.3) is 0 Å². The molecular weight excluding hydrogens is 260 g/mol. The molecule has 6 heteroatoms. The number of methoxy groups -OCH3 is 1. The number of alkyl carbamates (subject to hydrolysis) is 1. The number of hydrogen-bond acceptors (Lipinski definition) is 5. The predicted molar refractivity (Wildman–Crippen MR) is 75.1 cm³/mol. The van der Waals surface area contributed by atoms with Gasteiger partial charge in [0.1, 0.15) is 5.60 Å². The van der Waals surface area contributed by atoms with E-state index in [1.165, 1.54) is 7.11 Å². The molecule has 0 bridgehead atoms. The Morgan fingerprint density at radius 2 is 1.95 bits per heavy atom. The quantitative estimate of drug-likeness (QED) is 0.765. The van der Waals surface area contributed by atoms with Gasteiger partial charge >= 0.3 is 12.1 Å². The second-order valence-electron chi connectivity index (χ2n) is 6.47. The molecule has 0 aromatic heterocycles. The Bertz CT molecular complexity index is 370. The summed E-state index contributed by atoms with van der Waals surface area (Å²) in [4.78, 5) is 23.2. The maximum Gasteiger partial charge on any atom is 0.407 e. The number of carbonyl (C=O) groups excluding carboxylic acids is 2. The van der Waals surface area contributed by atoms with Crippen molar-refractivity contribution in [1.29, 1.82) is 0 Å². The van der Waals surface area contributed by atoms with Crippen LogP contribution in [0.15, 0.2) is 0 Å². The SMILES string of the molecule is CCC(NC(=O)OC(C)(C)C)C1(N)CC(C(=O)OC)C1. The highest BCUT2D eigenvalue weighted by Gasteiger charge is 2.50. The smallest absolute Gasteiger partial charge is 0.407 e. The number of rotatable bonds is 4. The molecule has 1 amide bonds. The highest BCUT2D eigenvalue weighted by Crippen LogP contribution is 2.39. The fourth-order valence-electron chi connectivity index (χ4n) is 2.58. The molecule has 3 N–H and O–H groups in total. The molecule has 0 aliphatic heterocycles. The van der Waals surface area contributed by atoms with Gasteiger partial charge in [0.05, 0.1) is 13.0 Å². The maximum absolute atomic E-state index is 11.8. The van der Waals surface area contributed by atoms with Gasteiger partial charge in [0.2, 0.25) is 0 Å². The molecule has 0 aromatic rings. The van der Waals surface area contributed by atoms with Crippen LogP contribution in [0.2, 0.25) is 0 Å². The van der Waals surface area contributed by atoms with Gasteiger partial charge in [-0.3, -0.25) is 4.79 Å². The van der Waals surface area contributed by atoms with E-state index in [1.54, 1.807) is 0 Å². The van der Waals surface area contributed by atoms with Crippen LogP contribution in [-0.4, -0.2) is 36.4 Å². The maximum atomic E-state index is 11.8. The summed E-state index contributed by atoms with van der Waals surface area (Å²) in [6, 6.07) is -0.210. The molecule has 20 heavy (non-hydrogen) atoms. The van der Waals surface area contributed by atoms with Crippen molar-refractivity contribution in [2.45, 2.75) is 64.1 Å². The first-order valence-electron chi connectivity index (χ1n) is 6.97. The van der Waals surface area contributed by atoms with Crippen molar-refractivity contribution in [3.63, 3.8) is 0 Å². The van der Waals surface area contributed by atoms with Gasteiger partial charge in [-0.2, -0.15) is 0 Å². The molecule has 1 unspecified atom stereocenters. The van der Waals surface area contributed by atoms with Gasteiger partial charge in [0.15, 0.2) is 0 Å². The van der Waals surface area contributed by atoms with Gasteiger partial charge in [0, 0.05) is 11.6 Å². The van der Waals surface area contributed by atoms with Crippen LogP contribution >= 0.6 is 0 Å². The zero-order valence-corrected chi connectivity index (χ0v) is 13.0. The Hall–Kier alpha value is -1.30. The molecule has 0 aromatic carbocycles. The summed E-state index contributed by atoms with van der Waals surface area (Å²) >= 11 is 0. The van der Waals surface area contributed by atoms with Crippen LogP contribution in [0.3, 0.4) is 0 Å². The lowest BCUT2D eigenvalue weighted by Crippen LogP contribution is -2.66. The summed E-state index contributed by atoms with van der Waals surface area (Å²) in [5, 5.41) is 2.80. The standard InChI is InChI=1S/C14H26N2O4/c1-6-10(16-12(18)20-13(2,3)4)14(15)7-9(8-14)11(17)19-5/h9-10H,6-8,15H2,1-5H3,(H,16,18). The zero-order valence-electron chi connectivity index (χ0n) is 13.0. The molecule has 0 spiro atoms. The van der Waals surface area contributed by atoms with Crippen molar-refractivity contribution in [1.82, 2.24) is 5.32 Å². The largest absolute Gasteiger partial charge is 0.469 e. The third-order valence-corrected chi connectivity index (χ3v) is 3.58. The van der Waals surface area contributed by atoms with Crippen molar-refractivity contribution in [3.05, 3.63) is 0 Å². The first kappa shape index (κ1) is 16.8. The molecule has 1 saturated carbocycles. The number of amides is 1.